The van der Waals surface area contributed by atoms with Crippen LogP contribution in [0.5, 0.6) is 0 Å². The number of carbonyl (C=O) groups is 1. The molecule has 1 unspecified atom stereocenters. The second-order valence-corrected chi connectivity index (χ2v) is 6.21. The summed E-state index contributed by atoms with van der Waals surface area (Å²) in [5.74, 6) is -0.310. The van der Waals surface area contributed by atoms with Crippen molar-refractivity contribution in [1.29, 1.82) is 0 Å². The molecule has 1 rings (SSSR count). The molecule has 2 N–H and O–H groups in total. The summed E-state index contributed by atoms with van der Waals surface area (Å²) in [5.41, 5.74) is -0.600. The second kappa shape index (κ2) is 8.22. The van der Waals surface area contributed by atoms with Crippen LogP contribution in [0.25, 0.3) is 0 Å². The van der Waals surface area contributed by atoms with E-state index < -0.39 is 18.4 Å². The smallest absolute Gasteiger partial charge is 0.272 e. The minimum atomic E-state index is -2.75. The molecular weight excluding hydrogens is 292 g/mol. The van der Waals surface area contributed by atoms with Gasteiger partial charge in [-0.15, -0.1) is 0 Å². The molecule has 0 radical (unpaired) electrons. The number of amides is 1. The Morgan fingerprint density at radius 3 is 2.50 bits per heavy atom. The lowest BCUT2D eigenvalue weighted by atomic mass is 10.0. The van der Waals surface area contributed by atoms with E-state index in [0.29, 0.717) is 13.0 Å². The molecule has 1 amide bonds. The molecule has 0 aliphatic carbocycles. The summed E-state index contributed by atoms with van der Waals surface area (Å²) >= 11 is 0. The van der Waals surface area contributed by atoms with Gasteiger partial charge in [0.25, 0.3) is 12.3 Å². The van der Waals surface area contributed by atoms with Gasteiger partial charge in [0.05, 0.1) is 11.7 Å². The van der Waals surface area contributed by atoms with Gasteiger partial charge in [0.15, 0.2) is 5.69 Å². The lowest BCUT2D eigenvalue weighted by Crippen LogP contribution is -2.29. The van der Waals surface area contributed by atoms with Crippen molar-refractivity contribution in [3.63, 3.8) is 0 Å². The molecule has 1 heterocycles. The van der Waals surface area contributed by atoms with Gasteiger partial charge in [-0.25, -0.2) is 8.78 Å². The Labute approximate surface area is 129 Å². The van der Waals surface area contributed by atoms with Crippen LogP contribution in [0.1, 0.15) is 56.6 Å². The standard InChI is InChI=1S/C15H25F2N3O2/c1-9(2)7-20-8-11(14(16)17)13(19-20)15(22)18-6-5-12(21)10(3)4/h8-10,12,14,21H,5-7H2,1-4H3,(H,18,22). The van der Waals surface area contributed by atoms with Crippen LogP contribution >= 0.6 is 0 Å². The number of carbonyl (C=O) groups excluding carboxylic acids is 1. The van der Waals surface area contributed by atoms with Crippen molar-refractivity contribution >= 4 is 5.91 Å². The number of nitrogens with zero attached hydrogens (tertiary/aromatic N) is 2. The van der Waals surface area contributed by atoms with Crippen LogP contribution in [0.2, 0.25) is 0 Å². The highest BCUT2D eigenvalue weighted by atomic mass is 19.3. The molecule has 0 fully saturated rings. The molecule has 0 saturated carbocycles. The van der Waals surface area contributed by atoms with Crippen molar-refractivity contribution in [2.45, 2.75) is 53.2 Å². The molecule has 0 aromatic carbocycles. The summed E-state index contributed by atoms with van der Waals surface area (Å²) in [7, 11) is 0. The number of hydrogen-bond donors (Lipinski definition) is 2. The van der Waals surface area contributed by atoms with E-state index in [9.17, 15) is 18.7 Å². The predicted molar refractivity (Wildman–Crippen MR) is 79.8 cm³/mol. The fourth-order valence-electron chi connectivity index (χ4n) is 1.99. The summed E-state index contributed by atoms with van der Waals surface area (Å²) < 4.78 is 27.4. The van der Waals surface area contributed by atoms with Gasteiger partial charge in [-0.05, 0) is 18.3 Å². The Bertz CT molecular complexity index is 487. The summed E-state index contributed by atoms with van der Waals surface area (Å²) in [6.07, 6.45) is -1.68. The predicted octanol–water partition coefficient (Wildman–Crippen LogP) is 2.61. The Balaban J connectivity index is 2.72. The number of aliphatic hydroxyl groups is 1. The highest BCUT2D eigenvalue weighted by Crippen LogP contribution is 2.22. The van der Waals surface area contributed by atoms with Crippen molar-refractivity contribution in [2.75, 3.05) is 6.54 Å². The number of aromatic nitrogens is 2. The maximum atomic E-state index is 13.0. The summed E-state index contributed by atoms with van der Waals surface area (Å²) in [6, 6.07) is 0. The fraction of sp³-hybridized carbons (Fsp3) is 0.733. The normalized spacial score (nSPS) is 13.2. The number of hydrogen-bond acceptors (Lipinski definition) is 3. The van der Waals surface area contributed by atoms with E-state index in [2.05, 4.69) is 10.4 Å². The lowest BCUT2D eigenvalue weighted by Gasteiger charge is -2.14. The first-order valence-corrected chi connectivity index (χ1v) is 7.54. The van der Waals surface area contributed by atoms with Crippen LogP contribution in [-0.2, 0) is 6.54 Å². The fourth-order valence-corrected chi connectivity index (χ4v) is 1.99. The molecule has 0 aliphatic rings. The van der Waals surface area contributed by atoms with Gasteiger partial charge >= 0.3 is 0 Å². The molecule has 1 atom stereocenters. The first kappa shape index (κ1) is 18.5. The van der Waals surface area contributed by atoms with Crippen LogP contribution in [0.15, 0.2) is 6.20 Å². The van der Waals surface area contributed by atoms with Crippen molar-refractivity contribution < 1.29 is 18.7 Å². The lowest BCUT2D eigenvalue weighted by molar-refractivity contribution is 0.0903. The number of alkyl halides is 2. The molecule has 5 nitrogen and oxygen atoms in total. The van der Waals surface area contributed by atoms with Crippen LogP contribution in [-0.4, -0.2) is 33.4 Å². The molecule has 126 valence electrons. The van der Waals surface area contributed by atoms with Crippen molar-refractivity contribution in [3.8, 4) is 0 Å². The third-order valence-electron chi connectivity index (χ3n) is 3.29. The van der Waals surface area contributed by atoms with Gasteiger partial charge in [0.2, 0.25) is 0 Å². The van der Waals surface area contributed by atoms with Crippen molar-refractivity contribution in [3.05, 3.63) is 17.5 Å². The van der Waals surface area contributed by atoms with Gasteiger partial charge in [0.1, 0.15) is 0 Å². The molecule has 7 heteroatoms. The van der Waals surface area contributed by atoms with E-state index in [-0.39, 0.29) is 29.6 Å². The molecule has 22 heavy (non-hydrogen) atoms. The Kier molecular flexibility index (Phi) is 6.93. The largest absolute Gasteiger partial charge is 0.393 e. The van der Waals surface area contributed by atoms with Gasteiger partial charge in [-0.3, -0.25) is 9.48 Å². The van der Waals surface area contributed by atoms with Crippen LogP contribution in [0.4, 0.5) is 8.78 Å². The van der Waals surface area contributed by atoms with E-state index in [1.165, 1.54) is 10.9 Å². The van der Waals surface area contributed by atoms with E-state index in [1.807, 2.05) is 27.7 Å². The summed E-state index contributed by atoms with van der Waals surface area (Å²) in [6.45, 7) is 8.31. The zero-order valence-corrected chi connectivity index (χ0v) is 13.5. The average molecular weight is 317 g/mol. The first-order valence-electron chi connectivity index (χ1n) is 7.54. The SMILES string of the molecule is CC(C)Cn1cc(C(F)F)c(C(=O)NCCC(O)C(C)C)n1. The maximum absolute atomic E-state index is 13.0. The zero-order valence-electron chi connectivity index (χ0n) is 13.5. The topological polar surface area (TPSA) is 67.2 Å². The highest BCUT2D eigenvalue weighted by Gasteiger charge is 2.23. The number of rotatable bonds is 8. The highest BCUT2D eigenvalue weighted by molar-refractivity contribution is 5.93. The van der Waals surface area contributed by atoms with Gasteiger partial charge in [0, 0.05) is 19.3 Å². The van der Waals surface area contributed by atoms with Gasteiger partial charge in [-0.2, -0.15) is 5.10 Å². The molecule has 0 aliphatic heterocycles. The number of halogens is 2. The zero-order chi connectivity index (χ0) is 16.9. The monoisotopic (exact) mass is 317 g/mol. The maximum Gasteiger partial charge on any atom is 0.272 e. The minimum Gasteiger partial charge on any atom is -0.393 e. The number of aliphatic hydroxyl groups excluding tert-OH is 1. The molecule has 0 saturated heterocycles. The first-order chi connectivity index (χ1) is 10.2. The Morgan fingerprint density at radius 2 is 2.00 bits per heavy atom. The molecule has 1 aromatic heterocycles. The molecule has 0 spiro atoms. The quantitative estimate of drug-likeness (QED) is 0.774. The third kappa shape index (κ3) is 5.36. The Hall–Kier alpha value is -1.50. The van der Waals surface area contributed by atoms with Crippen LogP contribution in [0, 0.1) is 11.8 Å². The van der Waals surface area contributed by atoms with E-state index in [1.54, 1.807) is 0 Å². The van der Waals surface area contributed by atoms with E-state index in [0.717, 1.165) is 0 Å². The van der Waals surface area contributed by atoms with Crippen molar-refractivity contribution in [1.82, 2.24) is 15.1 Å². The van der Waals surface area contributed by atoms with E-state index in [4.69, 9.17) is 0 Å². The minimum absolute atomic E-state index is 0.0822. The Morgan fingerprint density at radius 1 is 1.36 bits per heavy atom. The van der Waals surface area contributed by atoms with E-state index >= 15 is 0 Å². The summed E-state index contributed by atoms with van der Waals surface area (Å²) in [5, 5.41) is 16.2. The number of nitrogens with one attached hydrogen (secondary N) is 1. The van der Waals surface area contributed by atoms with Crippen molar-refractivity contribution in [2.24, 2.45) is 11.8 Å². The van der Waals surface area contributed by atoms with Gasteiger partial charge in [-0.1, -0.05) is 27.7 Å². The average Bonchev–Trinajstić information content (AvgIpc) is 2.81. The van der Waals surface area contributed by atoms with Gasteiger partial charge < -0.3 is 10.4 Å². The molecule has 1 aromatic rings. The molecular formula is C15H25F2N3O2. The van der Waals surface area contributed by atoms with Crippen LogP contribution < -0.4 is 5.32 Å². The molecule has 0 bridgehead atoms. The van der Waals surface area contributed by atoms with Crippen LogP contribution in [0.3, 0.4) is 0 Å². The second-order valence-electron chi connectivity index (χ2n) is 6.21. The summed E-state index contributed by atoms with van der Waals surface area (Å²) in [4.78, 5) is 12.0. The third-order valence-corrected chi connectivity index (χ3v) is 3.29.